The van der Waals surface area contributed by atoms with Gasteiger partial charge in [0, 0.05) is 44.2 Å². The van der Waals surface area contributed by atoms with Crippen LogP contribution in [0.25, 0.3) is 22.0 Å². The van der Waals surface area contributed by atoms with E-state index in [2.05, 4.69) is 110 Å². The van der Waals surface area contributed by atoms with Gasteiger partial charge in [-0.3, -0.25) is 0 Å². The van der Waals surface area contributed by atoms with Crippen molar-refractivity contribution >= 4 is 16.5 Å². The summed E-state index contributed by atoms with van der Waals surface area (Å²) < 4.78 is 2.29. The molecule has 0 bridgehead atoms. The molecule has 0 aliphatic carbocycles. The second kappa shape index (κ2) is 6.17. The summed E-state index contributed by atoms with van der Waals surface area (Å²) in [5, 5.41) is 2.58. The van der Waals surface area contributed by atoms with Gasteiger partial charge in [-0.15, -0.1) is 0 Å². The molecule has 1 aliphatic heterocycles. The summed E-state index contributed by atoms with van der Waals surface area (Å²) in [6.07, 6.45) is 4.64. The highest BCUT2D eigenvalue weighted by molar-refractivity contribution is 6.00. The molecule has 26 heavy (non-hydrogen) atoms. The minimum Gasteiger partial charge on any atom is -0.359 e. The molecule has 4 rings (SSSR count). The Kier molecular flexibility index (Phi) is 3.95. The lowest BCUT2D eigenvalue weighted by molar-refractivity contribution is -0.666. The van der Waals surface area contributed by atoms with Gasteiger partial charge in [-0.05, 0) is 42.3 Å². The van der Waals surface area contributed by atoms with Crippen molar-refractivity contribution in [3.8, 4) is 11.3 Å². The predicted octanol–water partition coefficient (Wildman–Crippen LogP) is 4.52. The van der Waals surface area contributed by atoms with E-state index in [4.69, 9.17) is 0 Å². The van der Waals surface area contributed by atoms with Crippen LogP contribution < -0.4 is 9.47 Å². The molecule has 0 N–H and O–H groups in total. The van der Waals surface area contributed by atoms with Crippen molar-refractivity contribution < 1.29 is 4.57 Å². The highest BCUT2D eigenvalue weighted by Crippen LogP contribution is 2.38. The Balaban J connectivity index is 2.04. The monoisotopic (exact) mass is 344 g/mol. The zero-order valence-electron chi connectivity index (χ0n) is 16.2. The number of anilines is 1. The average Bonchev–Trinajstić information content (AvgIpc) is 2.96. The number of benzene rings is 2. The van der Waals surface area contributed by atoms with Gasteiger partial charge in [0.15, 0.2) is 5.69 Å². The highest BCUT2D eigenvalue weighted by atomic mass is 15.4. The molecule has 0 unspecified atom stereocenters. The molecule has 2 aromatic carbocycles. The SMILES string of the molecule is Cc1c(N2C=CN(C)[C@H]2C)cc2ccccc2c1-c1cccc(C)[n+]1C. The molecular weight excluding hydrogens is 318 g/mol. The normalized spacial score (nSPS) is 16.7. The fourth-order valence-electron chi connectivity index (χ4n) is 3.88. The van der Waals surface area contributed by atoms with Crippen molar-refractivity contribution in [2.75, 3.05) is 11.9 Å². The molecule has 0 radical (unpaired) electrons. The smallest absolute Gasteiger partial charge is 0.213 e. The van der Waals surface area contributed by atoms with Crippen LogP contribution in [0.4, 0.5) is 5.69 Å². The maximum Gasteiger partial charge on any atom is 0.213 e. The van der Waals surface area contributed by atoms with Gasteiger partial charge in [-0.25, -0.2) is 0 Å². The lowest BCUT2D eigenvalue weighted by Crippen LogP contribution is -2.35. The molecule has 0 saturated carbocycles. The number of rotatable bonds is 2. The first-order valence-electron chi connectivity index (χ1n) is 9.16. The predicted molar refractivity (Wildman–Crippen MR) is 109 cm³/mol. The first-order valence-corrected chi connectivity index (χ1v) is 9.16. The summed E-state index contributed by atoms with van der Waals surface area (Å²) in [6, 6.07) is 17.6. The van der Waals surface area contributed by atoms with Crippen molar-refractivity contribution in [2.24, 2.45) is 7.05 Å². The Morgan fingerprint density at radius 1 is 0.962 bits per heavy atom. The zero-order valence-corrected chi connectivity index (χ0v) is 16.2. The number of pyridine rings is 1. The van der Waals surface area contributed by atoms with Gasteiger partial charge < -0.3 is 9.80 Å². The minimum absolute atomic E-state index is 0.314. The van der Waals surface area contributed by atoms with Crippen LogP contribution in [0.1, 0.15) is 18.2 Å². The van der Waals surface area contributed by atoms with E-state index >= 15 is 0 Å². The third-order valence-corrected chi connectivity index (χ3v) is 5.75. The highest BCUT2D eigenvalue weighted by Gasteiger charge is 2.26. The fourth-order valence-corrected chi connectivity index (χ4v) is 3.88. The van der Waals surface area contributed by atoms with Crippen molar-refractivity contribution in [1.82, 2.24) is 4.90 Å². The molecular formula is C23H26N3+. The fraction of sp³-hybridized carbons (Fsp3) is 0.261. The lowest BCUT2D eigenvalue weighted by Gasteiger charge is -2.29. The average molecular weight is 344 g/mol. The zero-order chi connectivity index (χ0) is 18.4. The van der Waals surface area contributed by atoms with Gasteiger partial charge in [0.25, 0.3) is 0 Å². The van der Waals surface area contributed by atoms with Crippen LogP contribution in [0.15, 0.2) is 60.9 Å². The van der Waals surface area contributed by atoms with Gasteiger partial charge in [0.2, 0.25) is 5.69 Å². The number of aryl methyl sites for hydroxylation is 1. The summed E-state index contributed by atoms with van der Waals surface area (Å²) in [5.41, 5.74) is 6.42. The van der Waals surface area contributed by atoms with E-state index in [0.29, 0.717) is 6.17 Å². The topological polar surface area (TPSA) is 10.4 Å². The van der Waals surface area contributed by atoms with Crippen molar-refractivity contribution in [3.63, 3.8) is 0 Å². The van der Waals surface area contributed by atoms with Gasteiger partial charge >= 0.3 is 0 Å². The van der Waals surface area contributed by atoms with E-state index in [9.17, 15) is 0 Å². The number of aromatic nitrogens is 1. The summed E-state index contributed by atoms with van der Waals surface area (Å²) in [6.45, 7) is 6.64. The first-order chi connectivity index (χ1) is 12.5. The summed E-state index contributed by atoms with van der Waals surface area (Å²) in [4.78, 5) is 4.60. The lowest BCUT2D eigenvalue weighted by atomic mass is 9.94. The Hall–Kier alpha value is -2.81. The molecule has 0 fully saturated rings. The number of fused-ring (bicyclic) bond motifs is 1. The molecule has 3 nitrogen and oxygen atoms in total. The van der Waals surface area contributed by atoms with E-state index in [-0.39, 0.29) is 0 Å². The van der Waals surface area contributed by atoms with Crippen LogP contribution in [0.2, 0.25) is 0 Å². The third kappa shape index (κ3) is 2.47. The molecule has 0 amide bonds. The molecule has 1 aliphatic rings. The van der Waals surface area contributed by atoms with Gasteiger partial charge in [0.05, 0.1) is 5.56 Å². The molecule has 1 aromatic heterocycles. The summed E-state index contributed by atoms with van der Waals surface area (Å²) in [5.74, 6) is 0. The second-order valence-corrected chi connectivity index (χ2v) is 7.23. The molecule has 1 atom stereocenters. The van der Waals surface area contributed by atoms with Crippen LogP contribution >= 0.6 is 0 Å². The minimum atomic E-state index is 0.314. The van der Waals surface area contributed by atoms with Crippen molar-refractivity contribution in [1.29, 1.82) is 0 Å². The van der Waals surface area contributed by atoms with Crippen LogP contribution in [-0.4, -0.2) is 18.1 Å². The van der Waals surface area contributed by atoms with Crippen molar-refractivity contribution in [2.45, 2.75) is 26.9 Å². The van der Waals surface area contributed by atoms with Crippen LogP contribution in [-0.2, 0) is 7.05 Å². The van der Waals surface area contributed by atoms with Gasteiger partial charge in [0.1, 0.15) is 13.2 Å². The molecule has 2 heterocycles. The van der Waals surface area contributed by atoms with Gasteiger partial charge in [-0.2, -0.15) is 4.57 Å². The molecule has 132 valence electrons. The Labute approximate surface area is 155 Å². The third-order valence-electron chi connectivity index (χ3n) is 5.75. The maximum atomic E-state index is 2.36. The summed E-state index contributed by atoms with van der Waals surface area (Å²) in [7, 11) is 4.27. The first kappa shape index (κ1) is 16.6. The van der Waals surface area contributed by atoms with E-state index < -0.39 is 0 Å². The number of nitrogens with zero attached hydrogens (tertiary/aromatic N) is 3. The standard InChI is InChI=1S/C23H26N3/c1-16-9-8-12-21(25(16)5)23-17(2)22(26-14-13-24(4)18(26)3)15-19-10-6-7-11-20(19)23/h6-15,18H,1-5H3/q+1/t18-/m1/s1. The van der Waals surface area contributed by atoms with E-state index in [0.717, 1.165) is 0 Å². The number of hydrogen-bond donors (Lipinski definition) is 0. The summed E-state index contributed by atoms with van der Waals surface area (Å²) >= 11 is 0. The van der Waals surface area contributed by atoms with E-state index in [1.54, 1.807) is 0 Å². The quantitative estimate of drug-likeness (QED) is 0.633. The van der Waals surface area contributed by atoms with Crippen molar-refractivity contribution in [3.05, 3.63) is 72.2 Å². The largest absolute Gasteiger partial charge is 0.359 e. The Morgan fingerprint density at radius 3 is 2.46 bits per heavy atom. The molecule has 3 aromatic rings. The van der Waals surface area contributed by atoms with Crippen LogP contribution in [0.3, 0.4) is 0 Å². The maximum absolute atomic E-state index is 2.36. The van der Waals surface area contributed by atoms with Gasteiger partial charge in [-0.1, -0.05) is 24.3 Å². The van der Waals surface area contributed by atoms with Crippen LogP contribution in [0.5, 0.6) is 0 Å². The second-order valence-electron chi connectivity index (χ2n) is 7.23. The Morgan fingerprint density at radius 2 is 1.73 bits per heavy atom. The van der Waals surface area contributed by atoms with Crippen LogP contribution in [0, 0.1) is 13.8 Å². The number of hydrogen-bond acceptors (Lipinski definition) is 2. The molecule has 0 spiro atoms. The van der Waals surface area contributed by atoms with E-state index in [1.165, 1.54) is 39.0 Å². The Bertz CT molecular complexity index is 1020. The van der Waals surface area contributed by atoms with E-state index in [1.807, 2.05) is 0 Å². The molecule has 3 heteroatoms. The molecule has 0 saturated heterocycles.